The van der Waals surface area contributed by atoms with Gasteiger partial charge in [0.15, 0.2) is 0 Å². The van der Waals surface area contributed by atoms with E-state index in [0.717, 1.165) is 22.2 Å². The summed E-state index contributed by atoms with van der Waals surface area (Å²) in [6.07, 6.45) is 1.17. The van der Waals surface area contributed by atoms with Crippen LogP contribution in [-0.2, 0) is 14.3 Å². The molecule has 0 saturated carbocycles. The Bertz CT molecular complexity index is 916. The maximum atomic E-state index is 12.4. The van der Waals surface area contributed by atoms with Crippen molar-refractivity contribution in [2.75, 3.05) is 6.54 Å². The first-order chi connectivity index (χ1) is 12.8. The van der Waals surface area contributed by atoms with Crippen LogP contribution < -0.4 is 0 Å². The molecule has 1 aromatic heterocycles. The zero-order chi connectivity index (χ0) is 19.6. The highest BCUT2D eigenvalue weighted by Crippen LogP contribution is 2.33. The van der Waals surface area contributed by atoms with Crippen LogP contribution in [0.3, 0.4) is 0 Å². The lowest BCUT2D eigenvalue weighted by Crippen LogP contribution is -2.35. The number of hydrogen-bond donors (Lipinski definition) is 0. The minimum Gasteiger partial charge on any atom is -0.462 e. The molecule has 0 unspecified atom stereocenters. The van der Waals surface area contributed by atoms with Gasteiger partial charge in [-0.1, -0.05) is 11.6 Å². The number of nitrogens with zero attached hydrogens (tertiary/aromatic N) is 1. The van der Waals surface area contributed by atoms with Crippen LogP contribution in [0.2, 0.25) is 5.02 Å². The number of carbonyl (C=O) groups is 3. The molecule has 1 aromatic carbocycles. The molecule has 0 N–H and O–H groups in total. The summed E-state index contributed by atoms with van der Waals surface area (Å²) in [5.41, 5.74) is 0.837. The van der Waals surface area contributed by atoms with E-state index in [1.165, 1.54) is 6.08 Å². The van der Waals surface area contributed by atoms with E-state index in [9.17, 15) is 14.4 Å². The molecule has 1 saturated heterocycles. The molecule has 2 heterocycles. The van der Waals surface area contributed by atoms with Crippen LogP contribution in [0, 0.1) is 0 Å². The number of ether oxygens (including phenoxy) is 1. The van der Waals surface area contributed by atoms with Gasteiger partial charge in [0.1, 0.15) is 18.1 Å². The van der Waals surface area contributed by atoms with E-state index >= 15 is 0 Å². The predicted molar refractivity (Wildman–Crippen MR) is 103 cm³/mol. The van der Waals surface area contributed by atoms with Crippen molar-refractivity contribution in [3.8, 4) is 11.3 Å². The Labute approximate surface area is 165 Å². The number of carbonyl (C=O) groups excluding carboxylic acids is 3. The second-order valence-corrected chi connectivity index (χ2v) is 7.45. The number of thioether (sulfide) groups is 1. The van der Waals surface area contributed by atoms with Crippen molar-refractivity contribution < 1.29 is 23.5 Å². The molecule has 0 spiro atoms. The van der Waals surface area contributed by atoms with Crippen molar-refractivity contribution in [2.45, 2.75) is 20.0 Å². The van der Waals surface area contributed by atoms with Crippen LogP contribution in [-0.4, -0.2) is 34.7 Å². The van der Waals surface area contributed by atoms with Crippen molar-refractivity contribution in [3.05, 3.63) is 52.1 Å². The van der Waals surface area contributed by atoms with Crippen molar-refractivity contribution in [3.63, 3.8) is 0 Å². The lowest BCUT2D eigenvalue weighted by Gasteiger charge is -2.13. The first-order valence-electron chi connectivity index (χ1n) is 8.14. The first-order valence-corrected chi connectivity index (χ1v) is 9.33. The first kappa shape index (κ1) is 19.3. The summed E-state index contributed by atoms with van der Waals surface area (Å²) in [6, 6.07) is 10.6. The molecular weight excluding hydrogens is 390 g/mol. The lowest BCUT2D eigenvalue weighted by atomic mass is 10.2. The summed E-state index contributed by atoms with van der Waals surface area (Å²) in [5, 5.41) is 0.103. The summed E-state index contributed by atoms with van der Waals surface area (Å²) in [7, 11) is 0. The molecule has 0 radical (unpaired) electrons. The lowest BCUT2D eigenvalue weighted by molar-refractivity contribution is -0.149. The fraction of sp³-hybridized carbons (Fsp3) is 0.211. The average molecular weight is 406 g/mol. The van der Waals surface area contributed by atoms with E-state index in [1.54, 1.807) is 38.1 Å². The number of benzene rings is 1. The number of esters is 1. The number of rotatable bonds is 5. The number of furan rings is 1. The number of imide groups is 1. The molecule has 0 atom stereocenters. The highest BCUT2D eigenvalue weighted by atomic mass is 35.5. The molecule has 6 nitrogen and oxygen atoms in total. The maximum absolute atomic E-state index is 12.4. The Morgan fingerprint density at radius 2 is 1.93 bits per heavy atom. The molecule has 1 fully saturated rings. The molecule has 2 aromatic rings. The molecule has 0 aliphatic carbocycles. The van der Waals surface area contributed by atoms with E-state index in [2.05, 4.69) is 0 Å². The fourth-order valence-electron chi connectivity index (χ4n) is 2.39. The average Bonchev–Trinajstić information content (AvgIpc) is 3.16. The Hall–Kier alpha value is -2.51. The van der Waals surface area contributed by atoms with Crippen molar-refractivity contribution in [2.24, 2.45) is 0 Å². The standard InChI is InChI=1S/C19H16ClNO5S/c1-11(2)25-17(22)10-21-18(23)16(27-19(21)24)9-14-7-8-15(26-14)12-3-5-13(20)6-4-12/h3-9,11H,10H2,1-2H3/b16-9-. The maximum Gasteiger partial charge on any atom is 0.326 e. The van der Waals surface area contributed by atoms with Gasteiger partial charge in [0.25, 0.3) is 11.1 Å². The summed E-state index contributed by atoms with van der Waals surface area (Å²) in [6.45, 7) is 2.98. The molecule has 27 heavy (non-hydrogen) atoms. The summed E-state index contributed by atoms with van der Waals surface area (Å²) >= 11 is 6.63. The molecule has 8 heteroatoms. The smallest absolute Gasteiger partial charge is 0.326 e. The van der Waals surface area contributed by atoms with E-state index in [4.69, 9.17) is 20.8 Å². The second-order valence-electron chi connectivity index (χ2n) is 6.02. The Morgan fingerprint density at radius 1 is 1.22 bits per heavy atom. The third kappa shape index (κ3) is 4.61. The van der Waals surface area contributed by atoms with Gasteiger partial charge in [0.05, 0.1) is 11.0 Å². The van der Waals surface area contributed by atoms with Crippen LogP contribution >= 0.6 is 23.4 Å². The van der Waals surface area contributed by atoms with Crippen LogP contribution in [0.4, 0.5) is 4.79 Å². The molecule has 1 aliphatic heterocycles. The van der Waals surface area contributed by atoms with E-state index in [1.807, 2.05) is 12.1 Å². The SMILES string of the molecule is CC(C)OC(=O)CN1C(=O)S/C(=C\c2ccc(-c3ccc(Cl)cc3)o2)C1=O. The summed E-state index contributed by atoms with van der Waals surface area (Å²) in [4.78, 5) is 37.2. The largest absolute Gasteiger partial charge is 0.462 e. The molecule has 0 bridgehead atoms. The number of amides is 2. The van der Waals surface area contributed by atoms with Gasteiger partial charge in [0, 0.05) is 16.7 Å². The van der Waals surface area contributed by atoms with Gasteiger partial charge in [-0.25, -0.2) is 0 Å². The molecule has 140 valence electrons. The third-order valence-corrected chi connectivity index (χ3v) is 4.72. The second kappa shape index (κ2) is 8.02. The Kier molecular flexibility index (Phi) is 5.72. The summed E-state index contributed by atoms with van der Waals surface area (Å²) in [5.74, 6) is -0.139. The Morgan fingerprint density at radius 3 is 2.59 bits per heavy atom. The number of hydrogen-bond acceptors (Lipinski definition) is 6. The number of halogens is 1. The molecule has 2 amide bonds. The van der Waals surface area contributed by atoms with Gasteiger partial charge in [-0.05, 0) is 62.0 Å². The Balaban J connectivity index is 1.74. The summed E-state index contributed by atoms with van der Waals surface area (Å²) < 4.78 is 10.7. The van der Waals surface area contributed by atoms with Gasteiger partial charge in [-0.15, -0.1) is 0 Å². The molecule has 1 aliphatic rings. The monoisotopic (exact) mass is 405 g/mol. The van der Waals surface area contributed by atoms with E-state index < -0.39 is 23.7 Å². The highest BCUT2D eigenvalue weighted by Gasteiger charge is 2.37. The quantitative estimate of drug-likeness (QED) is 0.535. The van der Waals surface area contributed by atoms with E-state index in [0.29, 0.717) is 16.5 Å². The van der Waals surface area contributed by atoms with Crippen molar-refractivity contribution >= 4 is 46.6 Å². The zero-order valence-electron chi connectivity index (χ0n) is 14.6. The third-order valence-electron chi connectivity index (χ3n) is 3.56. The van der Waals surface area contributed by atoms with Gasteiger partial charge in [0.2, 0.25) is 0 Å². The topological polar surface area (TPSA) is 76.8 Å². The fourth-order valence-corrected chi connectivity index (χ4v) is 3.34. The zero-order valence-corrected chi connectivity index (χ0v) is 16.2. The van der Waals surface area contributed by atoms with E-state index in [-0.39, 0.29) is 11.0 Å². The highest BCUT2D eigenvalue weighted by molar-refractivity contribution is 8.18. The van der Waals surface area contributed by atoms with Gasteiger partial charge < -0.3 is 9.15 Å². The van der Waals surface area contributed by atoms with Crippen LogP contribution in [0.15, 0.2) is 45.7 Å². The van der Waals surface area contributed by atoms with Gasteiger partial charge >= 0.3 is 5.97 Å². The van der Waals surface area contributed by atoms with Crippen LogP contribution in [0.25, 0.3) is 17.4 Å². The van der Waals surface area contributed by atoms with Gasteiger partial charge in [-0.3, -0.25) is 19.3 Å². The van der Waals surface area contributed by atoms with Crippen LogP contribution in [0.5, 0.6) is 0 Å². The van der Waals surface area contributed by atoms with Gasteiger partial charge in [-0.2, -0.15) is 0 Å². The molecule has 3 rings (SSSR count). The van der Waals surface area contributed by atoms with Crippen molar-refractivity contribution in [1.29, 1.82) is 0 Å². The van der Waals surface area contributed by atoms with Crippen molar-refractivity contribution in [1.82, 2.24) is 4.90 Å². The minimum atomic E-state index is -0.628. The normalized spacial score (nSPS) is 15.9. The van der Waals surface area contributed by atoms with Crippen LogP contribution in [0.1, 0.15) is 19.6 Å². The molecular formula is C19H16ClNO5S. The predicted octanol–water partition coefficient (Wildman–Crippen LogP) is 4.59. The minimum absolute atomic E-state index is 0.189.